The molecule has 0 aliphatic heterocycles. The van der Waals surface area contributed by atoms with Crippen molar-refractivity contribution in [3.05, 3.63) is 12.8 Å². The van der Waals surface area contributed by atoms with Crippen LogP contribution >= 0.6 is 0 Å². The van der Waals surface area contributed by atoms with Crippen molar-refractivity contribution in [3.8, 4) is 0 Å². The third kappa shape index (κ3) is 4.54. The van der Waals surface area contributed by atoms with E-state index in [4.69, 9.17) is 0 Å². The lowest BCUT2D eigenvalue weighted by Gasteiger charge is -2.41. The fourth-order valence-electron chi connectivity index (χ4n) is 1.62. The van der Waals surface area contributed by atoms with E-state index in [-0.39, 0.29) is 13.0 Å². The van der Waals surface area contributed by atoms with Gasteiger partial charge in [-0.2, -0.15) is 65.9 Å². The van der Waals surface area contributed by atoms with Gasteiger partial charge in [0.2, 0.25) is 0 Å². The zero-order valence-corrected chi connectivity index (χ0v) is 14.1. The monoisotopic (exact) mass is 484 g/mol. The van der Waals surface area contributed by atoms with E-state index >= 15 is 0 Å². The zero-order valence-electron chi connectivity index (χ0n) is 14.1. The first kappa shape index (κ1) is 28.5. The highest BCUT2D eigenvalue weighted by atomic mass is 19.4. The first-order valence-corrected chi connectivity index (χ1v) is 7.20. The average Bonchev–Trinajstić information content (AvgIpc) is 2.56. The Kier molecular flexibility index (Phi) is 8.09. The summed E-state index contributed by atoms with van der Waals surface area (Å²) >= 11 is 0. The van der Waals surface area contributed by atoms with Crippen LogP contribution in [-0.2, 0) is 9.47 Å². The molecule has 0 N–H and O–H groups in total. The van der Waals surface area contributed by atoms with Crippen LogP contribution in [0.4, 0.5) is 65.9 Å². The van der Waals surface area contributed by atoms with E-state index in [1.165, 1.54) is 0 Å². The second-order valence-corrected chi connectivity index (χ2v) is 5.52. The van der Waals surface area contributed by atoms with Crippen LogP contribution in [0.5, 0.6) is 0 Å². The van der Waals surface area contributed by atoms with E-state index in [1.54, 1.807) is 0 Å². The molecule has 2 nitrogen and oxygen atoms in total. The summed E-state index contributed by atoms with van der Waals surface area (Å²) in [5.74, 6) is -46.6. The van der Waals surface area contributed by atoms with Crippen molar-refractivity contribution in [1.82, 2.24) is 0 Å². The van der Waals surface area contributed by atoms with E-state index in [2.05, 4.69) is 16.1 Å². The number of rotatable bonds is 12. The van der Waals surface area contributed by atoms with Crippen molar-refractivity contribution in [1.29, 1.82) is 0 Å². The first-order chi connectivity index (χ1) is 13.1. The molecule has 0 aromatic carbocycles. The lowest BCUT2D eigenvalue weighted by atomic mass is 9.91. The Morgan fingerprint density at radius 3 is 1.37 bits per heavy atom. The molecule has 0 radical (unpaired) electrons. The second-order valence-electron chi connectivity index (χ2n) is 5.52. The van der Waals surface area contributed by atoms with Gasteiger partial charge in [-0.1, -0.05) is 6.58 Å². The standard InChI is InChI=1S/C13H11F15O2/c1-2-29-4-3-5-30-6-7(14,15)8(16,17)9(18,19)10(20,21)11(22,23)12(24,25)13(26,27)28/h2H,1,3-6H2. The van der Waals surface area contributed by atoms with Gasteiger partial charge < -0.3 is 9.47 Å². The molecule has 0 spiro atoms. The number of hydrogen-bond acceptors (Lipinski definition) is 2. The largest absolute Gasteiger partial charge is 0.502 e. The number of ether oxygens (including phenoxy) is 2. The summed E-state index contributed by atoms with van der Waals surface area (Å²) in [6.07, 6.45) is -7.15. The maximum atomic E-state index is 13.4. The molecular formula is C13H11F15O2. The van der Waals surface area contributed by atoms with Gasteiger partial charge in [0.1, 0.15) is 6.61 Å². The van der Waals surface area contributed by atoms with Gasteiger partial charge in [0, 0.05) is 6.42 Å². The average molecular weight is 484 g/mol. The molecule has 0 aliphatic rings. The minimum absolute atomic E-state index is 0.321. The lowest BCUT2D eigenvalue weighted by molar-refractivity contribution is -0.453. The summed E-state index contributed by atoms with van der Waals surface area (Å²) in [7, 11) is 0. The highest BCUT2D eigenvalue weighted by Crippen LogP contribution is 2.62. The van der Waals surface area contributed by atoms with Gasteiger partial charge in [0.25, 0.3) is 0 Å². The van der Waals surface area contributed by atoms with Crippen LogP contribution in [0.3, 0.4) is 0 Å². The van der Waals surface area contributed by atoms with E-state index in [1.807, 2.05) is 0 Å². The summed E-state index contributed by atoms with van der Waals surface area (Å²) < 4.78 is 201. The summed E-state index contributed by atoms with van der Waals surface area (Å²) in [4.78, 5) is 0. The minimum Gasteiger partial charge on any atom is -0.502 e. The van der Waals surface area contributed by atoms with E-state index in [0.29, 0.717) is 0 Å². The van der Waals surface area contributed by atoms with Crippen molar-refractivity contribution in [3.63, 3.8) is 0 Å². The third-order valence-electron chi connectivity index (χ3n) is 3.34. The quantitative estimate of drug-likeness (QED) is 0.194. The van der Waals surface area contributed by atoms with Gasteiger partial charge in [-0.05, 0) is 0 Å². The molecule has 180 valence electrons. The first-order valence-electron chi connectivity index (χ1n) is 7.20. The zero-order chi connectivity index (χ0) is 24.4. The molecule has 0 atom stereocenters. The summed E-state index contributed by atoms with van der Waals surface area (Å²) in [5.41, 5.74) is 0. The van der Waals surface area contributed by atoms with Gasteiger partial charge in [-0.3, -0.25) is 0 Å². The Morgan fingerprint density at radius 1 is 0.567 bits per heavy atom. The fraction of sp³-hybridized carbons (Fsp3) is 0.846. The SMILES string of the molecule is C=COCCCOCC(F)(F)C(F)(F)C(F)(F)C(F)(F)C(F)(F)C(F)(F)C(F)(F)F. The second kappa shape index (κ2) is 8.53. The highest BCUT2D eigenvalue weighted by Gasteiger charge is 2.93. The van der Waals surface area contributed by atoms with E-state index in [9.17, 15) is 65.9 Å². The van der Waals surface area contributed by atoms with Gasteiger partial charge in [-0.25, -0.2) is 0 Å². The van der Waals surface area contributed by atoms with Crippen LogP contribution in [0, 0.1) is 0 Å². The van der Waals surface area contributed by atoms with Crippen LogP contribution in [0.25, 0.3) is 0 Å². The van der Waals surface area contributed by atoms with Crippen LogP contribution < -0.4 is 0 Å². The molecule has 0 unspecified atom stereocenters. The molecule has 0 aliphatic carbocycles. The van der Waals surface area contributed by atoms with Gasteiger partial charge in [-0.15, -0.1) is 0 Å². The molecule has 30 heavy (non-hydrogen) atoms. The Morgan fingerprint density at radius 2 is 0.967 bits per heavy atom. The molecule has 0 saturated carbocycles. The molecule has 0 amide bonds. The van der Waals surface area contributed by atoms with Crippen molar-refractivity contribution in [2.45, 2.75) is 48.1 Å². The van der Waals surface area contributed by atoms with Crippen molar-refractivity contribution in [2.75, 3.05) is 19.8 Å². The van der Waals surface area contributed by atoms with Gasteiger partial charge >= 0.3 is 41.7 Å². The Bertz CT molecular complexity index is 582. The molecule has 0 saturated heterocycles. The van der Waals surface area contributed by atoms with E-state index < -0.39 is 54.9 Å². The van der Waals surface area contributed by atoms with Crippen LogP contribution in [0.15, 0.2) is 12.8 Å². The summed E-state index contributed by atoms with van der Waals surface area (Å²) in [6, 6.07) is 0. The highest BCUT2D eigenvalue weighted by molar-refractivity contribution is 5.13. The van der Waals surface area contributed by atoms with E-state index in [0.717, 1.165) is 6.26 Å². The van der Waals surface area contributed by atoms with Gasteiger partial charge in [0.15, 0.2) is 0 Å². The predicted molar refractivity (Wildman–Crippen MR) is 67.3 cm³/mol. The molecule has 0 heterocycles. The third-order valence-corrected chi connectivity index (χ3v) is 3.34. The maximum Gasteiger partial charge on any atom is 0.460 e. The van der Waals surface area contributed by atoms with Crippen molar-refractivity contribution >= 4 is 0 Å². The number of hydrogen-bond donors (Lipinski definition) is 0. The van der Waals surface area contributed by atoms with Crippen LogP contribution in [-0.4, -0.2) is 61.5 Å². The van der Waals surface area contributed by atoms with Crippen molar-refractivity contribution < 1.29 is 75.3 Å². The number of halogens is 15. The molecule has 17 heteroatoms. The lowest BCUT2D eigenvalue weighted by Crippen LogP contribution is -2.73. The van der Waals surface area contributed by atoms with Crippen LogP contribution in [0.2, 0.25) is 0 Å². The van der Waals surface area contributed by atoms with Gasteiger partial charge in [0.05, 0.1) is 19.5 Å². The van der Waals surface area contributed by atoms with Crippen molar-refractivity contribution in [2.24, 2.45) is 0 Å². The molecule has 0 aromatic heterocycles. The topological polar surface area (TPSA) is 18.5 Å². The molecular weight excluding hydrogens is 473 g/mol. The maximum absolute atomic E-state index is 13.4. The Balaban J connectivity index is 5.85. The molecule has 0 rings (SSSR count). The van der Waals surface area contributed by atoms with Crippen LogP contribution in [0.1, 0.15) is 6.42 Å². The summed E-state index contributed by atoms with van der Waals surface area (Å²) in [6.45, 7) is -1.04. The smallest absolute Gasteiger partial charge is 0.460 e. The Hall–Kier alpha value is -1.55. The normalized spacial score (nSPS) is 15.3. The summed E-state index contributed by atoms with van der Waals surface area (Å²) in [5, 5.41) is 0. The molecule has 0 bridgehead atoms. The fourth-order valence-corrected chi connectivity index (χ4v) is 1.62. The number of alkyl halides is 15. The minimum atomic E-state index is -8.29. The molecule has 0 aromatic rings. The predicted octanol–water partition coefficient (Wildman–Crippen LogP) is 5.93. The molecule has 0 fully saturated rings. The Labute approximate surface area is 157 Å².